The van der Waals surface area contributed by atoms with Crippen molar-refractivity contribution in [3.05, 3.63) is 41.5 Å². The molecule has 0 radical (unpaired) electrons. The van der Waals surface area contributed by atoms with Crippen LogP contribution >= 0.6 is 0 Å². The highest BCUT2D eigenvalue weighted by Gasteiger charge is 1.99. The fourth-order valence-corrected chi connectivity index (χ4v) is 1.17. The third-order valence-corrected chi connectivity index (χ3v) is 1.67. The summed E-state index contributed by atoms with van der Waals surface area (Å²) < 4.78 is 0. The Labute approximate surface area is 77.5 Å². The van der Waals surface area contributed by atoms with Gasteiger partial charge >= 0.3 is 5.97 Å². The summed E-state index contributed by atoms with van der Waals surface area (Å²) in [6.07, 6.45) is 3.97. The molecule has 1 N–H and O–H groups in total. The van der Waals surface area contributed by atoms with Crippen molar-refractivity contribution in [1.82, 2.24) is 0 Å². The van der Waals surface area contributed by atoms with Crippen LogP contribution in [0.2, 0.25) is 0 Å². The van der Waals surface area contributed by atoms with Crippen LogP contribution in [0.15, 0.2) is 30.3 Å². The predicted octanol–water partition coefficient (Wildman–Crippen LogP) is 2.35. The lowest BCUT2D eigenvalue weighted by atomic mass is 10.1. The van der Waals surface area contributed by atoms with Crippen molar-refractivity contribution in [2.75, 3.05) is 0 Å². The van der Waals surface area contributed by atoms with Gasteiger partial charge in [-0.2, -0.15) is 0 Å². The summed E-state index contributed by atoms with van der Waals surface area (Å²) >= 11 is 0. The lowest BCUT2D eigenvalue weighted by molar-refractivity contribution is -0.136. The Morgan fingerprint density at radius 2 is 2.31 bits per heavy atom. The van der Waals surface area contributed by atoms with E-state index >= 15 is 0 Å². The Kier molecular flexibility index (Phi) is 3.26. The van der Waals surface area contributed by atoms with E-state index in [4.69, 9.17) is 5.11 Å². The zero-order valence-electron chi connectivity index (χ0n) is 7.53. The normalized spacial score (nSPS) is 10.5. The van der Waals surface area contributed by atoms with Crippen molar-refractivity contribution in [3.63, 3.8) is 0 Å². The molecule has 0 spiro atoms. The molecule has 0 saturated carbocycles. The first-order valence-corrected chi connectivity index (χ1v) is 4.16. The molecule has 1 aromatic rings. The van der Waals surface area contributed by atoms with Crippen molar-refractivity contribution in [3.8, 4) is 0 Å². The van der Waals surface area contributed by atoms with Gasteiger partial charge in [-0.05, 0) is 18.1 Å². The van der Waals surface area contributed by atoms with Crippen molar-refractivity contribution in [2.24, 2.45) is 0 Å². The maximum absolute atomic E-state index is 10.4. The molecule has 13 heavy (non-hydrogen) atoms. The zero-order valence-corrected chi connectivity index (χ0v) is 7.53. The summed E-state index contributed by atoms with van der Waals surface area (Å²) in [5.74, 6) is -0.794. The van der Waals surface area contributed by atoms with Gasteiger partial charge in [0.1, 0.15) is 0 Å². The predicted molar refractivity (Wildman–Crippen MR) is 52.5 cm³/mol. The lowest BCUT2D eigenvalue weighted by Gasteiger charge is -1.98. The molecule has 2 nitrogen and oxygen atoms in total. The molecule has 0 saturated heterocycles. The minimum absolute atomic E-state index is 0.0887. The second-order valence-corrected chi connectivity index (χ2v) is 2.82. The molecule has 0 aliphatic rings. The maximum Gasteiger partial charge on any atom is 0.307 e. The summed E-state index contributed by atoms with van der Waals surface area (Å²) in [4.78, 5) is 10.4. The molecule has 0 heterocycles. The number of hydrogen-bond donors (Lipinski definition) is 1. The molecular weight excluding hydrogens is 164 g/mol. The molecule has 0 aliphatic heterocycles. The van der Waals surface area contributed by atoms with E-state index in [-0.39, 0.29) is 6.42 Å². The topological polar surface area (TPSA) is 37.3 Å². The minimum Gasteiger partial charge on any atom is -0.481 e. The highest BCUT2D eigenvalue weighted by atomic mass is 16.4. The average molecular weight is 176 g/mol. The summed E-state index contributed by atoms with van der Waals surface area (Å²) in [6.45, 7) is 1.93. The molecule has 1 aromatic carbocycles. The van der Waals surface area contributed by atoms with Crippen LogP contribution < -0.4 is 0 Å². The Morgan fingerprint density at radius 3 is 2.92 bits per heavy atom. The molecule has 0 unspecified atom stereocenters. The maximum atomic E-state index is 10.4. The summed E-state index contributed by atoms with van der Waals surface area (Å²) in [7, 11) is 0. The van der Waals surface area contributed by atoms with Gasteiger partial charge in [0.15, 0.2) is 0 Å². The monoisotopic (exact) mass is 176 g/mol. The fraction of sp³-hybridized carbons (Fsp3) is 0.182. The van der Waals surface area contributed by atoms with Crippen LogP contribution in [0.3, 0.4) is 0 Å². The summed E-state index contributed by atoms with van der Waals surface area (Å²) in [6, 6.07) is 7.52. The van der Waals surface area contributed by atoms with Gasteiger partial charge in [-0.3, -0.25) is 4.79 Å². The second kappa shape index (κ2) is 4.45. The van der Waals surface area contributed by atoms with Crippen LogP contribution in [0.4, 0.5) is 0 Å². The van der Waals surface area contributed by atoms with Crippen molar-refractivity contribution < 1.29 is 9.90 Å². The van der Waals surface area contributed by atoms with Gasteiger partial charge in [0.25, 0.3) is 0 Å². The van der Waals surface area contributed by atoms with E-state index in [9.17, 15) is 4.79 Å². The molecule has 0 fully saturated rings. The number of allylic oxidation sites excluding steroid dienone is 1. The van der Waals surface area contributed by atoms with Crippen LogP contribution in [0.1, 0.15) is 18.1 Å². The van der Waals surface area contributed by atoms with E-state index in [0.717, 1.165) is 11.1 Å². The molecule has 0 bridgehead atoms. The first-order chi connectivity index (χ1) is 6.22. The van der Waals surface area contributed by atoms with Crippen LogP contribution in [-0.4, -0.2) is 11.1 Å². The van der Waals surface area contributed by atoms with E-state index < -0.39 is 5.97 Å². The standard InChI is InChI=1S/C11H12O2/c1-2-4-9-5-3-6-10(7-9)8-11(12)13/h2-7H,8H2,1H3,(H,12,13). The Balaban J connectivity index is 2.85. The molecular formula is C11H12O2. The van der Waals surface area contributed by atoms with Crippen LogP contribution in [0.5, 0.6) is 0 Å². The van der Waals surface area contributed by atoms with Gasteiger partial charge in [0.05, 0.1) is 6.42 Å². The van der Waals surface area contributed by atoms with E-state index in [0.29, 0.717) is 0 Å². The Bertz CT molecular complexity index is 327. The number of aliphatic carboxylic acids is 1. The van der Waals surface area contributed by atoms with Gasteiger partial charge in [-0.1, -0.05) is 36.4 Å². The molecule has 0 aromatic heterocycles. The van der Waals surface area contributed by atoms with Gasteiger partial charge in [0.2, 0.25) is 0 Å². The second-order valence-electron chi connectivity index (χ2n) is 2.82. The molecule has 1 rings (SSSR count). The number of carboxylic acids is 1. The smallest absolute Gasteiger partial charge is 0.307 e. The highest BCUT2D eigenvalue weighted by Crippen LogP contribution is 2.07. The Morgan fingerprint density at radius 1 is 1.54 bits per heavy atom. The molecule has 0 amide bonds. The third kappa shape index (κ3) is 3.11. The van der Waals surface area contributed by atoms with E-state index in [2.05, 4.69) is 0 Å². The van der Waals surface area contributed by atoms with Crippen molar-refractivity contribution in [2.45, 2.75) is 13.3 Å². The van der Waals surface area contributed by atoms with Crippen LogP contribution in [0.25, 0.3) is 6.08 Å². The molecule has 2 heteroatoms. The first kappa shape index (κ1) is 9.52. The average Bonchev–Trinajstić information content (AvgIpc) is 2.04. The van der Waals surface area contributed by atoms with Gasteiger partial charge in [0, 0.05) is 0 Å². The first-order valence-electron chi connectivity index (χ1n) is 4.16. The summed E-state index contributed by atoms with van der Waals surface area (Å²) in [5, 5.41) is 8.57. The number of carbonyl (C=O) groups is 1. The number of hydrogen-bond acceptors (Lipinski definition) is 1. The quantitative estimate of drug-likeness (QED) is 0.767. The van der Waals surface area contributed by atoms with E-state index in [1.807, 2.05) is 43.3 Å². The van der Waals surface area contributed by atoms with Crippen LogP contribution in [-0.2, 0) is 11.2 Å². The molecule has 0 aliphatic carbocycles. The Hall–Kier alpha value is -1.57. The molecule has 0 atom stereocenters. The van der Waals surface area contributed by atoms with Crippen LogP contribution in [0, 0.1) is 0 Å². The summed E-state index contributed by atoms with van der Waals surface area (Å²) in [5.41, 5.74) is 1.88. The highest BCUT2D eigenvalue weighted by molar-refractivity contribution is 5.70. The SMILES string of the molecule is CC=Cc1cccc(CC(=O)O)c1. The zero-order chi connectivity index (χ0) is 9.68. The van der Waals surface area contributed by atoms with E-state index in [1.54, 1.807) is 0 Å². The van der Waals surface area contributed by atoms with Gasteiger partial charge < -0.3 is 5.11 Å². The minimum atomic E-state index is -0.794. The number of carboxylic acid groups (broad SMARTS) is 1. The number of rotatable bonds is 3. The van der Waals surface area contributed by atoms with Gasteiger partial charge in [-0.15, -0.1) is 0 Å². The number of benzene rings is 1. The van der Waals surface area contributed by atoms with Crippen molar-refractivity contribution in [1.29, 1.82) is 0 Å². The lowest BCUT2D eigenvalue weighted by Crippen LogP contribution is -1.99. The van der Waals surface area contributed by atoms with Crippen molar-refractivity contribution >= 4 is 12.0 Å². The van der Waals surface area contributed by atoms with Gasteiger partial charge in [-0.25, -0.2) is 0 Å². The molecule has 68 valence electrons. The largest absolute Gasteiger partial charge is 0.481 e. The van der Waals surface area contributed by atoms with E-state index in [1.165, 1.54) is 0 Å². The third-order valence-electron chi connectivity index (χ3n) is 1.67. The fourth-order valence-electron chi connectivity index (χ4n) is 1.17.